The van der Waals surface area contributed by atoms with E-state index in [-0.39, 0.29) is 5.82 Å². The van der Waals surface area contributed by atoms with Crippen molar-refractivity contribution in [2.24, 2.45) is 0 Å². The summed E-state index contributed by atoms with van der Waals surface area (Å²) in [6, 6.07) is 10.4. The van der Waals surface area contributed by atoms with Gasteiger partial charge in [-0.25, -0.2) is 4.39 Å². The van der Waals surface area contributed by atoms with Crippen LogP contribution in [-0.4, -0.2) is 0 Å². The average molecular weight is 284 g/mol. The number of hydrogen-bond acceptors (Lipinski definition) is 1. The molecule has 2 rings (SSSR count). The molecule has 0 bridgehead atoms. The summed E-state index contributed by atoms with van der Waals surface area (Å²) >= 11 is 11.7. The van der Waals surface area contributed by atoms with Gasteiger partial charge < -0.3 is 5.32 Å². The molecule has 0 aromatic heterocycles. The fourth-order valence-corrected chi connectivity index (χ4v) is 1.93. The van der Waals surface area contributed by atoms with E-state index in [1.807, 2.05) is 19.1 Å². The number of halogens is 3. The largest absolute Gasteiger partial charge is 0.379 e. The highest BCUT2D eigenvalue weighted by molar-refractivity contribution is 6.42. The topological polar surface area (TPSA) is 12.0 Å². The predicted molar refractivity (Wildman–Crippen MR) is 74.9 cm³/mol. The smallest absolute Gasteiger partial charge is 0.146 e. The van der Waals surface area contributed by atoms with E-state index in [0.717, 1.165) is 11.1 Å². The minimum Gasteiger partial charge on any atom is -0.379 e. The summed E-state index contributed by atoms with van der Waals surface area (Å²) in [5, 5.41) is 4.04. The van der Waals surface area contributed by atoms with Crippen LogP contribution in [0.1, 0.15) is 11.1 Å². The second-order valence-electron chi connectivity index (χ2n) is 4.09. The number of nitrogens with one attached hydrogen (secondary N) is 1. The molecule has 0 spiro atoms. The molecule has 94 valence electrons. The number of rotatable bonds is 3. The van der Waals surface area contributed by atoms with Crippen molar-refractivity contribution in [3.8, 4) is 0 Å². The fraction of sp³-hybridized carbons (Fsp3) is 0.143. The van der Waals surface area contributed by atoms with E-state index in [0.29, 0.717) is 22.3 Å². The van der Waals surface area contributed by atoms with Gasteiger partial charge in [-0.3, -0.25) is 0 Å². The van der Waals surface area contributed by atoms with Gasteiger partial charge in [-0.1, -0.05) is 35.3 Å². The van der Waals surface area contributed by atoms with Crippen molar-refractivity contribution in [3.63, 3.8) is 0 Å². The first-order valence-electron chi connectivity index (χ1n) is 5.50. The Morgan fingerprint density at radius 3 is 2.50 bits per heavy atom. The zero-order valence-corrected chi connectivity index (χ0v) is 11.3. The van der Waals surface area contributed by atoms with Crippen molar-refractivity contribution in [2.45, 2.75) is 13.5 Å². The molecule has 0 radical (unpaired) electrons. The summed E-state index contributed by atoms with van der Waals surface area (Å²) in [4.78, 5) is 0. The van der Waals surface area contributed by atoms with E-state index in [1.54, 1.807) is 18.2 Å². The summed E-state index contributed by atoms with van der Waals surface area (Å²) in [6.07, 6.45) is 0. The molecule has 0 fully saturated rings. The molecule has 0 unspecified atom stereocenters. The van der Waals surface area contributed by atoms with E-state index in [4.69, 9.17) is 23.2 Å². The van der Waals surface area contributed by atoms with Crippen molar-refractivity contribution in [1.82, 2.24) is 0 Å². The lowest BCUT2D eigenvalue weighted by Gasteiger charge is -2.09. The Bertz CT molecular complexity index is 570. The van der Waals surface area contributed by atoms with E-state index >= 15 is 0 Å². The molecule has 1 nitrogen and oxygen atoms in total. The summed E-state index contributed by atoms with van der Waals surface area (Å²) in [7, 11) is 0. The third-order valence-corrected chi connectivity index (χ3v) is 3.33. The van der Waals surface area contributed by atoms with Crippen molar-refractivity contribution in [2.75, 3.05) is 5.32 Å². The van der Waals surface area contributed by atoms with Gasteiger partial charge in [0.1, 0.15) is 5.82 Å². The van der Waals surface area contributed by atoms with Crippen LogP contribution in [-0.2, 0) is 6.54 Å². The Morgan fingerprint density at radius 1 is 1.06 bits per heavy atom. The molecule has 1 N–H and O–H groups in total. The van der Waals surface area contributed by atoms with Crippen molar-refractivity contribution >= 4 is 28.9 Å². The Morgan fingerprint density at radius 2 is 1.83 bits per heavy atom. The summed E-state index contributed by atoms with van der Waals surface area (Å²) in [5.74, 6) is -0.255. The van der Waals surface area contributed by atoms with E-state index in [2.05, 4.69) is 5.32 Å². The maximum atomic E-state index is 13.6. The van der Waals surface area contributed by atoms with E-state index in [9.17, 15) is 4.39 Å². The lowest BCUT2D eigenvalue weighted by Crippen LogP contribution is -2.01. The summed E-state index contributed by atoms with van der Waals surface area (Å²) in [5.41, 5.74) is 2.32. The lowest BCUT2D eigenvalue weighted by molar-refractivity contribution is 0.629. The van der Waals surface area contributed by atoms with Gasteiger partial charge in [0.25, 0.3) is 0 Å². The molecule has 0 atom stereocenters. The SMILES string of the molecule is Cc1ccc(NCc2ccc(Cl)c(Cl)c2)c(F)c1. The number of benzene rings is 2. The molecule has 0 aliphatic rings. The number of anilines is 1. The van der Waals surface area contributed by atoms with Crippen LogP contribution in [0.3, 0.4) is 0 Å². The normalized spacial score (nSPS) is 10.4. The molecule has 2 aromatic rings. The average Bonchev–Trinajstić information content (AvgIpc) is 2.32. The fourth-order valence-electron chi connectivity index (χ4n) is 1.61. The van der Waals surface area contributed by atoms with Crippen LogP contribution in [0, 0.1) is 12.7 Å². The van der Waals surface area contributed by atoms with Gasteiger partial charge in [0.15, 0.2) is 0 Å². The van der Waals surface area contributed by atoms with Crippen LogP contribution in [0.15, 0.2) is 36.4 Å². The zero-order valence-electron chi connectivity index (χ0n) is 9.81. The van der Waals surface area contributed by atoms with Crippen LogP contribution in [0.5, 0.6) is 0 Å². The molecule has 0 saturated carbocycles. The highest BCUT2D eigenvalue weighted by Gasteiger charge is 2.03. The molecule has 0 aliphatic carbocycles. The Labute approximate surface area is 116 Å². The monoisotopic (exact) mass is 283 g/mol. The van der Waals surface area contributed by atoms with Gasteiger partial charge in [0.05, 0.1) is 15.7 Å². The number of hydrogen-bond donors (Lipinski definition) is 1. The molecular weight excluding hydrogens is 272 g/mol. The summed E-state index contributed by atoms with van der Waals surface area (Å²) < 4.78 is 13.6. The standard InChI is InChI=1S/C14H12Cl2FN/c1-9-2-5-14(13(17)6-9)18-8-10-3-4-11(15)12(16)7-10/h2-7,18H,8H2,1H3. The number of aryl methyl sites for hydroxylation is 1. The quantitative estimate of drug-likeness (QED) is 0.831. The van der Waals surface area contributed by atoms with Crippen LogP contribution in [0.4, 0.5) is 10.1 Å². The highest BCUT2D eigenvalue weighted by Crippen LogP contribution is 2.23. The van der Waals surface area contributed by atoms with Crippen molar-refractivity contribution in [3.05, 3.63) is 63.4 Å². The maximum Gasteiger partial charge on any atom is 0.146 e. The molecule has 4 heteroatoms. The molecule has 18 heavy (non-hydrogen) atoms. The Hall–Kier alpha value is -1.25. The predicted octanol–water partition coefficient (Wildman–Crippen LogP) is 5.05. The Kier molecular flexibility index (Phi) is 4.10. The molecular formula is C14H12Cl2FN. The van der Waals surface area contributed by atoms with Crippen LogP contribution in [0.2, 0.25) is 10.0 Å². The summed E-state index contributed by atoms with van der Waals surface area (Å²) in [6.45, 7) is 2.35. The zero-order chi connectivity index (χ0) is 13.1. The van der Waals surface area contributed by atoms with Crippen molar-refractivity contribution < 1.29 is 4.39 Å². The Balaban J connectivity index is 2.09. The second-order valence-corrected chi connectivity index (χ2v) is 4.90. The van der Waals surface area contributed by atoms with Crippen LogP contribution < -0.4 is 5.32 Å². The minimum atomic E-state index is -0.255. The van der Waals surface area contributed by atoms with Crippen LogP contribution in [0.25, 0.3) is 0 Å². The van der Waals surface area contributed by atoms with Gasteiger partial charge in [0, 0.05) is 6.54 Å². The van der Waals surface area contributed by atoms with Gasteiger partial charge in [-0.2, -0.15) is 0 Å². The molecule has 0 saturated heterocycles. The van der Waals surface area contributed by atoms with Gasteiger partial charge in [-0.05, 0) is 42.3 Å². The maximum absolute atomic E-state index is 13.6. The molecule has 2 aromatic carbocycles. The van der Waals surface area contributed by atoms with Crippen molar-refractivity contribution in [1.29, 1.82) is 0 Å². The molecule has 0 aliphatic heterocycles. The second kappa shape index (κ2) is 5.59. The first-order valence-corrected chi connectivity index (χ1v) is 6.26. The van der Waals surface area contributed by atoms with Gasteiger partial charge >= 0.3 is 0 Å². The molecule has 0 heterocycles. The van der Waals surface area contributed by atoms with E-state index < -0.39 is 0 Å². The first kappa shape index (κ1) is 13.2. The third-order valence-electron chi connectivity index (χ3n) is 2.59. The van der Waals surface area contributed by atoms with Gasteiger partial charge in [-0.15, -0.1) is 0 Å². The first-order chi connectivity index (χ1) is 8.56. The molecule has 0 amide bonds. The van der Waals surface area contributed by atoms with Crippen LogP contribution >= 0.6 is 23.2 Å². The lowest BCUT2D eigenvalue weighted by atomic mass is 10.2. The third kappa shape index (κ3) is 3.15. The highest BCUT2D eigenvalue weighted by atomic mass is 35.5. The minimum absolute atomic E-state index is 0.255. The van der Waals surface area contributed by atoms with Gasteiger partial charge in [0.2, 0.25) is 0 Å². The van der Waals surface area contributed by atoms with E-state index in [1.165, 1.54) is 6.07 Å².